The summed E-state index contributed by atoms with van der Waals surface area (Å²) in [6.45, 7) is 2.56. The number of amides is 1. The average molecular weight is 543 g/mol. The molecule has 0 aliphatic rings. The smallest absolute Gasteiger partial charge is 0.412 e. The first-order chi connectivity index (χ1) is 15.0. The van der Waals surface area contributed by atoms with Gasteiger partial charge in [-0.2, -0.15) is 52.3 Å². The zero-order chi connectivity index (χ0) is 27.4. The van der Waals surface area contributed by atoms with Crippen LogP contribution in [0.4, 0.5) is 43.9 Å². The van der Waals surface area contributed by atoms with Gasteiger partial charge < -0.3 is 14.8 Å². The number of nitrogens with one attached hydrogen (secondary N) is 1. The van der Waals surface area contributed by atoms with E-state index in [0.29, 0.717) is 0 Å². The van der Waals surface area contributed by atoms with Gasteiger partial charge in [0.1, 0.15) is 5.57 Å². The minimum absolute atomic E-state index is 0.771. The van der Waals surface area contributed by atoms with Crippen LogP contribution in [0, 0.1) is 0 Å². The molecule has 0 saturated heterocycles. The van der Waals surface area contributed by atoms with E-state index in [1.807, 2.05) is 0 Å². The lowest BCUT2D eigenvalue weighted by molar-refractivity contribution is -0.348. The molecule has 0 heterocycles. The Bertz CT molecular complexity index is 898. The van der Waals surface area contributed by atoms with Gasteiger partial charge in [-0.05, 0) is 6.42 Å². The molecule has 0 bridgehead atoms. The summed E-state index contributed by atoms with van der Waals surface area (Å²) in [6.07, 6.45) is -14.9. The summed E-state index contributed by atoms with van der Waals surface area (Å²) in [5, 5.41) is -4.69. The minimum Gasteiger partial charge on any atom is -0.412 e. The third-order valence-electron chi connectivity index (χ3n) is 3.59. The standard InChI is InChI=1S/C15H15F10NO7S/c1-3-6-26-10(28)12(14(21,22)23,33-9(27)8(2)13(18,19)20)32-7-4-5-11(16,17)15(24,25)34(29,30)31/h3H,1-2,4-7H2,(H,26,28)(H,29,30,31). The van der Waals surface area contributed by atoms with Crippen LogP contribution in [0.15, 0.2) is 24.8 Å². The Morgan fingerprint density at radius 3 is 1.88 bits per heavy atom. The van der Waals surface area contributed by atoms with Crippen molar-refractivity contribution < 1.29 is 75.9 Å². The normalized spacial score (nSPS) is 15.3. The molecular formula is C15H15F10NO7S. The summed E-state index contributed by atoms with van der Waals surface area (Å²) < 4.78 is 168. The first kappa shape index (κ1) is 31.6. The summed E-state index contributed by atoms with van der Waals surface area (Å²) in [5.41, 5.74) is -2.53. The molecule has 1 unspecified atom stereocenters. The Hall–Kier alpha value is -2.41. The molecule has 19 heteroatoms. The van der Waals surface area contributed by atoms with E-state index in [0.717, 1.165) is 6.08 Å². The second-order valence-electron chi connectivity index (χ2n) is 6.13. The van der Waals surface area contributed by atoms with E-state index in [2.05, 4.69) is 22.6 Å². The van der Waals surface area contributed by atoms with Crippen LogP contribution in [0.25, 0.3) is 0 Å². The van der Waals surface area contributed by atoms with Gasteiger partial charge in [-0.15, -0.1) is 6.58 Å². The summed E-state index contributed by atoms with van der Waals surface area (Å²) >= 11 is 0. The number of rotatable bonds is 12. The molecular weight excluding hydrogens is 528 g/mol. The van der Waals surface area contributed by atoms with Gasteiger partial charge in [-0.3, -0.25) is 9.35 Å². The van der Waals surface area contributed by atoms with E-state index in [4.69, 9.17) is 4.55 Å². The number of carbonyl (C=O) groups excluding carboxylic acids is 2. The van der Waals surface area contributed by atoms with Crippen LogP contribution in [0.3, 0.4) is 0 Å². The number of carbonyl (C=O) groups is 2. The highest BCUT2D eigenvalue weighted by atomic mass is 32.2. The highest BCUT2D eigenvalue weighted by Crippen LogP contribution is 2.42. The lowest BCUT2D eigenvalue weighted by atomic mass is 10.2. The van der Waals surface area contributed by atoms with Crippen LogP contribution in [0.2, 0.25) is 0 Å². The van der Waals surface area contributed by atoms with Crippen molar-refractivity contribution in [2.75, 3.05) is 13.2 Å². The van der Waals surface area contributed by atoms with Crippen molar-refractivity contribution in [3.05, 3.63) is 24.8 Å². The molecule has 0 aromatic heterocycles. The number of esters is 1. The Kier molecular flexibility index (Phi) is 9.72. The molecule has 1 amide bonds. The molecule has 0 aliphatic carbocycles. The second-order valence-corrected chi connectivity index (χ2v) is 7.59. The fraction of sp³-hybridized carbons (Fsp3) is 0.600. The van der Waals surface area contributed by atoms with E-state index in [1.165, 1.54) is 5.32 Å². The third kappa shape index (κ3) is 7.05. The maximum absolute atomic E-state index is 13.6. The third-order valence-corrected chi connectivity index (χ3v) is 4.54. The van der Waals surface area contributed by atoms with Gasteiger partial charge >= 0.3 is 51.3 Å². The second kappa shape index (κ2) is 10.5. The number of halogens is 10. The van der Waals surface area contributed by atoms with Gasteiger partial charge in [0.2, 0.25) is 0 Å². The number of ether oxygens (including phenoxy) is 2. The fourth-order valence-electron chi connectivity index (χ4n) is 1.84. The summed E-state index contributed by atoms with van der Waals surface area (Å²) in [6, 6.07) is 0. The largest absolute Gasteiger partial charge is 0.466 e. The van der Waals surface area contributed by atoms with Gasteiger partial charge in [0.05, 0.1) is 6.61 Å². The predicted octanol–water partition coefficient (Wildman–Crippen LogP) is 3.12. The molecule has 0 aliphatic heterocycles. The Morgan fingerprint density at radius 2 is 1.50 bits per heavy atom. The molecule has 0 aromatic carbocycles. The van der Waals surface area contributed by atoms with Crippen LogP contribution < -0.4 is 5.32 Å². The van der Waals surface area contributed by atoms with E-state index >= 15 is 0 Å². The van der Waals surface area contributed by atoms with Crippen molar-refractivity contribution in [1.29, 1.82) is 0 Å². The van der Waals surface area contributed by atoms with Crippen molar-refractivity contribution >= 4 is 22.0 Å². The Morgan fingerprint density at radius 1 is 1.00 bits per heavy atom. The SMILES string of the molecule is C=CCNC(=O)C(OCCCC(F)(F)C(F)(F)S(=O)(=O)O)(OC(=O)C(=C)C(F)(F)F)C(F)(F)F. The van der Waals surface area contributed by atoms with Crippen LogP contribution in [0.5, 0.6) is 0 Å². The fourth-order valence-corrected chi connectivity index (χ4v) is 2.32. The molecule has 0 radical (unpaired) electrons. The molecule has 0 rings (SSSR count). The first-order valence-corrected chi connectivity index (χ1v) is 9.74. The van der Waals surface area contributed by atoms with E-state index in [9.17, 15) is 61.9 Å². The molecule has 8 nitrogen and oxygen atoms in total. The zero-order valence-corrected chi connectivity index (χ0v) is 17.2. The van der Waals surface area contributed by atoms with Crippen molar-refractivity contribution in [2.24, 2.45) is 0 Å². The molecule has 0 fully saturated rings. The summed E-state index contributed by atoms with van der Waals surface area (Å²) in [7, 11) is -6.68. The van der Waals surface area contributed by atoms with Crippen LogP contribution in [0.1, 0.15) is 12.8 Å². The van der Waals surface area contributed by atoms with Gasteiger partial charge in [0.15, 0.2) is 0 Å². The molecule has 0 aromatic rings. The average Bonchev–Trinajstić information content (AvgIpc) is 2.64. The molecule has 0 saturated carbocycles. The van der Waals surface area contributed by atoms with Gasteiger partial charge in [-0.1, -0.05) is 12.7 Å². The zero-order valence-electron chi connectivity index (χ0n) is 16.4. The number of hydrogen-bond acceptors (Lipinski definition) is 6. The highest BCUT2D eigenvalue weighted by Gasteiger charge is 2.68. The molecule has 198 valence electrons. The topological polar surface area (TPSA) is 119 Å². The van der Waals surface area contributed by atoms with E-state index in [-0.39, 0.29) is 0 Å². The molecule has 1 atom stereocenters. The maximum Gasteiger partial charge on any atom is 0.466 e. The highest BCUT2D eigenvalue weighted by molar-refractivity contribution is 7.87. The Labute approximate surface area is 184 Å². The monoisotopic (exact) mass is 543 g/mol. The molecule has 0 spiro atoms. The number of hydrogen-bond donors (Lipinski definition) is 2. The van der Waals surface area contributed by atoms with Crippen molar-refractivity contribution in [2.45, 2.75) is 42.2 Å². The van der Waals surface area contributed by atoms with Crippen LogP contribution >= 0.6 is 0 Å². The van der Waals surface area contributed by atoms with Crippen LogP contribution in [-0.2, 0) is 29.2 Å². The quantitative estimate of drug-likeness (QED) is 0.0739. The van der Waals surface area contributed by atoms with Crippen LogP contribution in [-0.4, -0.2) is 67.3 Å². The van der Waals surface area contributed by atoms with E-state index in [1.54, 1.807) is 0 Å². The molecule has 34 heavy (non-hydrogen) atoms. The van der Waals surface area contributed by atoms with Gasteiger partial charge in [0, 0.05) is 13.0 Å². The molecule has 2 N–H and O–H groups in total. The van der Waals surface area contributed by atoms with Gasteiger partial charge in [0.25, 0.3) is 0 Å². The lowest BCUT2D eigenvalue weighted by Crippen LogP contribution is -2.62. The first-order valence-electron chi connectivity index (χ1n) is 8.30. The minimum atomic E-state index is -6.68. The van der Waals surface area contributed by atoms with E-state index < -0.39 is 82.9 Å². The summed E-state index contributed by atoms with van der Waals surface area (Å²) in [5.74, 6) is -15.8. The van der Waals surface area contributed by atoms with Crippen molar-refractivity contribution in [1.82, 2.24) is 5.32 Å². The van der Waals surface area contributed by atoms with Crippen molar-refractivity contribution in [3.8, 4) is 0 Å². The van der Waals surface area contributed by atoms with Crippen molar-refractivity contribution in [3.63, 3.8) is 0 Å². The number of alkyl halides is 10. The summed E-state index contributed by atoms with van der Waals surface area (Å²) in [4.78, 5) is 23.5. The Balaban J connectivity index is 5.98. The van der Waals surface area contributed by atoms with Gasteiger partial charge in [-0.25, -0.2) is 4.79 Å². The lowest BCUT2D eigenvalue weighted by Gasteiger charge is -2.33. The predicted molar refractivity (Wildman–Crippen MR) is 89.9 cm³/mol. The maximum atomic E-state index is 13.6.